The van der Waals surface area contributed by atoms with Crippen LogP contribution < -0.4 is 38.9 Å². The molecule has 0 spiro atoms. The molecule has 212 valence electrons. The first kappa shape index (κ1) is 32.3. The molecule has 0 saturated carbocycles. The minimum atomic E-state index is -1.46. The van der Waals surface area contributed by atoms with Gasteiger partial charge in [-0.3, -0.25) is 19.4 Å². The average molecular weight is 537 g/mol. The van der Waals surface area contributed by atoms with Crippen molar-refractivity contribution in [3.05, 3.63) is 35.9 Å². The van der Waals surface area contributed by atoms with E-state index in [-0.39, 0.29) is 25.3 Å². The van der Waals surface area contributed by atoms with Gasteiger partial charge in [0, 0.05) is 13.0 Å². The fraction of sp³-hybridized carbons (Fsp3) is 0.542. The SMILES string of the molecule is NCCCCC(N)C(=O)NC(CCCN=C(N)N)C(=O)NC(CO)C(=O)NC(Cc1ccccc1)C(=O)O. The summed E-state index contributed by atoms with van der Waals surface area (Å²) in [5.74, 6) is -3.63. The molecule has 38 heavy (non-hydrogen) atoms. The number of rotatable bonds is 18. The molecule has 0 saturated heterocycles. The number of carboxylic acids is 1. The Morgan fingerprint density at radius 2 is 1.45 bits per heavy atom. The monoisotopic (exact) mass is 536 g/mol. The van der Waals surface area contributed by atoms with Crippen LogP contribution in [-0.4, -0.2) is 83.7 Å². The molecule has 0 heterocycles. The highest BCUT2D eigenvalue weighted by molar-refractivity contribution is 5.94. The number of unbranched alkanes of at least 4 members (excludes halogenated alkanes) is 1. The molecule has 0 fully saturated rings. The number of benzene rings is 1. The van der Waals surface area contributed by atoms with Gasteiger partial charge in [-0.05, 0) is 37.8 Å². The molecule has 0 radical (unpaired) electrons. The maximum absolute atomic E-state index is 13.0. The summed E-state index contributed by atoms with van der Waals surface area (Å²) in [7, 11) is 0. The van der Waals surface area contributed by atoms with Gasteiger partial charge in [-0.15, -0.1) is 0 Å². The number of nitrogens with zero attached hydrogens (tertiary/aromatic N) is 1. The molecular formula is C24H40N8O6. The lowest BCUT2D eigenvalue weighted by atomic mass is 10.1. The maximum Gasteiger partial charge on any atom is 0.326 e. The third-order valence-electron chi connectivity index (χ3n) is 5.60. The fourth-order valence-electron chi connectivity index (χ4n) is 3.48. The number of aliphatic imine (C=N–C) groups is 1. The Bertz CT molecular complexity index is 926. The van der Waals surface area contributed by atoms with E-state index in [0.29, 0.717) is 37.8 Å². The van der Waals surface area contributed by atoms with Crippen LogP contribution in [0.1, 0.15) is 37.7 Å². The van der Waals surface area contributed by atoms with Crippen LogP contribution in [-0.2, 0) is 25.6 Å². The molecule has 0 aliphatic carbocycles. The lowest BCUT2D eigenvalue weighted by Crippen LogP contribution is -2.58. The minimum absolute atomic E-state index is 0.000469. The Labute approximate surface area is 221 Å². The molecule has 0 bridgehead atoms. The van der Waals surface area contributed by atoms with Crippen molar-refractivity contribution < 1.29 is 29.4 Å². The number of hydrogen-bond donors (Lipinski definition) is 9. The number of amides is 3. The van der Waals surface area contributed by atoms with Crippen molar-refractivity contribution in [1.29, 1.82) is 0 Å². The second-order valence-electron chi connectivity index (χ2n) is 8.73. The Morgan fingerprint density at radius 3 is 2.03 bits per heavy atom. The fourth-order valence-corrected chi connectivity index (χ4v) is 3.48. The molecule has 1 rings (SSSR count). The largest absolute Gasteiger partial charge is 0.480 e. The molecule has 14 nitrogen and oxygen atoms in total. The summed E-state index contributed by atoms with van der Waals surface area (Å²) >= 11 is 0. The topological polar surface area (TPSA) is 261 Å². The van der Waals surface area contributed by atoms with E-state index in [2.05, 4.69) is 20.9 Å². The number of carbonyl (C=O) groups is 4. The normalized spacial score (nSPS) is 13.9. The zero-order chi connectivity index (χ0) is 28.5. The van der Waals surface area contributed by atoms with E-state index in [1.54, 1.807) is 30.3 Å². The molecule has 4 atom stereocenters. The van der Waals surface area contributed by atoms with E-state index in [9.17, 15) is 29.4 Å². The van der Waals surface area contributed by atoms with Crippen LogP contribution in [0.25, 0.3) is 0 Å². The quantitative estimate of drug-likeness (QED) is 0.0531. The van der Waals surface area contributed by atoms with Crippen molar-refractivity contribution in [2.45, 2.75) is 62.7 Å². The predicted molar refractivity (Wildman–Crippen MR) is 141 cm³/mol. The van der Waals surface area contributed by atoms with Gasteiger partial charge in [-0.1, -0.05) is 36.8 Å². The smallest absolute Gasteiger partial charge is 0.326 e. The minimum Gasteiger partial charge on any atom is -0.480 e. The molecule has 4 unspecified atom stereocenters. The van der Waals surface area contributed by atoms with Crippen LogP contribution in [0.2, 0.25) is 0 Å². The first-order valence-electron chi connectivity index (χ1n) is 12.4. The van der Waals surface area contributed by atoms with E-state index < -0.39 is 54.5 Å². The van der Waals surface area contributed by atoms with Crippen molar-refractivity contribution in [1.82, 2.24) is 16.0 Å². The molecule has 1 aromatic carbocycles. The van der Waals surface area contributed by atoms with Crippen molar-refractivity contribution in [3.63, 3.8) is 0 Å². The molecular weight excluding hydrogens is 496 g/mol. The van der Waals surface area contributed by atoms with Crippen molar-refractivity contribution >= 4 is 29.7 Å². The summed E-state index contributed by atoms with van der Waals surface area (Å²) in [5.41, 5.74) is 22.7. The summed E-state index contributed by atoms with van der Waals surface area (Å²) in [5, 5.41) is 26.6. The second kappa shape index (κ2) is 17.7. The molecule has 0 aromatic heterocycles. The van der Waals surface area contributed by atoms with E-state index in [1.165, 1.54) is 0 Å². The number of carboxylic acid groups (broad SMARTS) is 1. The van der Waals surface area contributed by atoms with Gasteiger partial charge in [-0.2, -0.15) is 0 Å². The highest BCUT2D eigenvalue weighted by Gasteiger charge is 2.30. The average Bonchev–Trinajstić information content (AvgIpc) is 2.88. The lowest BCUT2D eigenvalue weighted by molar-refractivity contribution is -0.142. The highest BCUT2D eigenvalue weighted by Crippen LogP contribution is 2.06. The summed E-state index contributed by atoms with van der Waals surface area (Å²) in [4.78, 5) is 53.8. The highest BCUT2D eigenvalue weighted by atomic mass is 16.4. The number of nitrogens with two attached hydrogens (primary N) is 4. The standard InChI is InChI=1S/C24H40N8O6/c25-11-5-4-9-16(26)20(34)30-17(10-6-12-29-24(27)28)21(35)32-19(14-33)22(36)31-18(23(37)38)13-15-7-2-1-3-8-15/h1-3,7-8,16-19,33H,4-6,9-14,25-26H2,(H,30,34)(H,31,36)(H,32,35)(H,37,38)(H4,27,28,29). The van der Waals surface area contributed by atoms with Crippen LogP contribution in [0.5, 0.6) is 0 Å². The molecule has 0 aliphatic rings. The summed E-state index contributed by atoms with van der Waals surface area (Å²) < 4.78 is 0. The van der Waals surface area contributed by atoms with Crippen LogP contribution in [0.15, 0.2) is 35.3 Å². The van der Waals surface area contributed by atoms with E-state index in [0.717, 1.165) is 0 Å². The zero-order valence-electron chi connectivity index (χ0n) is 21.3. The van der Waals surface area contributed by atoms with Gasteiger partial charge in [0.25, 0.3) is 0 Å². The van der Waals surface area contributed by atoms with Gasteiger partial charge < -0.3 is 49.1 Å². The number of aliphatic carboxylic acids is 1. The summed E-state index contributed by atoms with van der Waals surface area (Å²) in [6.45, 7) is -0.153. The van der Waals surface area contributed by atoms with Crippen molar-refractivity contribution in [2.75, 3.05) is 19.7 Å². The van der Waals surface area contributed by atoms with Gasteiger partial charge in [0.2, 0.25) is 17.7 Å². The second-order valence-corrected chi connectivity index (χ2v) is 8.73. The summed E-state index contributed by atoms with van der Waals surface area (Å²) in [6.07, 6.45) is 2.11. The predicted octanol–water partition coefficient (Wildman–Crippen LogP) is -2.73. The molecule has 1 aromatic rings. The lowest BCUT2D eigenvalue weighted by Gasteiger charge is -2.24. The maximum atomic E-state index is 13.0. The number of aliphatic hydroxyl groups excluding tert-OH is 1. The Balaban J connectivity index is 2.88. The molecule has 0 aliphatic heterocycles. The third-order valence-corrected chi connectivity index (χ3v) is 5.60. The zero-order valence-corrected chi connectivity index (χ0v) is 21.3. The van der Waals surface area contributed by atoms with Gasteiger partial charge in [0.15, 0.2) is 5.96 Å². The Kier molecular flexibility index (Phi) is 15.0. The van der Waals surface area contributed by atoms with E-state index in [1.807, 2.05) is 0 Å². The van der Waals surface area contributed by atoms with Crippen molar-refractivity contribution in [3.8, 4) is 0 Å². The number of hydrogen-bond acceptors (Lipinski definition) is 8. The van der Waals surface area contributed by atoms with Crippen molar-refractivity contribution in [2.24, 2.45) is 27.9 Å². The molecule has 14 heteroatoms. The number of nitrogens with one attached hydrogen (secondary N) is 3. The Morgan fingerprint density at radius 1 is 0.842 bits per heavy atom. The molecule has 13 N–H and O–H groups in total. The van der Waals surface area contributed by atoms with Crippen LogP contribution >= 0.6 is 0 Å². The van der Waals surface area contributed by atoms with Gasteiger partial charge in [-0.25, -0.2) is 4.79 Å². The Hall–Kier alpha value is -3.75. The number of guanidine groups is 1. The number of carbonyl (C=O) groups excluding carboxylic acids is 3. The van der Waals surface area contributed by atoms with E-state index in [4.69, 9.17) is 22.9 Å². The molecule has 3 amide bonds. The van der Waals surface area contributed by atoms with Gasteiger partial charge >= 0.3 is 5.97 Å². The van der Waals surface area contributed by atoms with Gasteiger partial charge in [0.05, 0.1) is 12.6 Å². The van der Waals surface area contributed by atoms with Crippen LogP contribution in [0.4, 0.5) is 0 Å². The van der Waals surface area contributed by atoms with Gasteiger partial charge in [0.1, 0.15) is 18.1 Å². The third kappa shape index (κ3) is 12.5. The van der Waals surface area contributed by atoms with E-state index >= 15 is 0 Å². The van der Waals surface area contributed by atoms with Crippen LogP contribution in [0.3, 0.4) is 0 Å². The van der Waals surface area contributed by atoms with Crippen LogP contribution in [0, 0.1) is 0 Å². The first-order valence-corrected chi connectivity index (χ1v) is 12.4. The first-order chi connectivity index (χ1) is 18.1. The number of aliphatic hydroxyl groups is 1. The summed E-state index contributed by atoms with van der Waals surface area (Å²) in [6, 6.07) is 3.92.